The second-order valence-corrected chi connectivity index (χ2v) is 6.66. The molecule has 0 atom stereocenters. The molecule has 4 rings (SSSR count). The molecule has 1 aliphatic rings. The standard InChI is InChI=1S/C21H20N4O3/c26-17-8-6-16(7-9-17)20(27)24-10-12-25(13-11-24)21(28)19-14-18(22-23-19)15-4-2-1-3-5-15/h1-9,14,26H,10-13H2,(H,22,23). The minimum atomic E-state index is -0.119. The van der Waals surface area contributed by atoms with Gasteiger partial charge in [-0.3, -0.25) is 14.7 Å². The summed E-state index contributed by atoms with van der Waals surface area (Å²) in [6.07, 6.45) is 0. The molecule has 1 saturated heterocycles. The van der Waals surface area contributed by atoms with Crippen LogP contribution < -0.4 is 0 Å². The Morgan fingerprint density at radius 1 is 0.857 bits per heavy atom. The summed E-state index contributed by atoms with van der Waals surface area (Å²) in [6, 6.07) is 17.6. The number of nitrogens with zero attached hydrogens (tertiary/aromatic N) is 3. The normalized spacial score (nSPS) is 14.1. The van der Waals surface area contributed by atoms with Crippen molar-refractivity contribution in [3.8, 4) is 17.0 Å². The minimum absolute atomic E-state index is 0.0972. The lowest BCUT2D eigenvalue weighted by Crippen LogP contribution is -2.50. The number of hydrogen-bond acceptors (Lipinski definition) is 4. The summed E-state index contributed by atoms with van der Waals surface area (Å²) in [5.41, 5.74) is 2.64. The van der Waals surface area contributed by atoms with Gasteiger partial charge in [0, 0.05) is 37.3 Å². The molecule has 2 aromatic carbocycles. The third-order valence-corrected chi connectivity index (χ3v) is 4.85. The zero-order chi connectivity index (χ0) is 19.5. The number of H-pyrrole nitrogens is 1. The third-order valence-electron chi connectivity index (χ3n) is 4.85. The highest BCUT2D eigenvalue weighted by Gasteiger charge is 2.26. The van der Waals surface area contributed by atoms with Crippen LogP contribution in [0.15, 0.2) is 60.7 Å². The SMILES string of the molecule is O=C(c1ccc(O)cc1)N1CCN(C(=O)c2cc(-c3ccccc3)n[nH]2)CC1. The predicted octanol–water partition coefficient (Wildman–Crippen LogP) is 2.38. The smallest absolute Gasteiger partial charge is 0.272 e. The largest absolute Gasteiger partial charge is 0.508 e. The van der Waals surface area contributed by atoms with Crippen LogP contribution in [0.3, 0.4) is 0 Å². The number of piperazine rings is 1. The Balaban J connectivity index is 1.38. The highest BCUT2D eigenvalue weighted by molar-refractivity contribution is 5.95. The second-order valence-electron chi connectivity index (χ2n) is 6.66. The number of nitrogens with one attached hydrogen (secondary N) is 1. The Bertz CT molecular complexity index is 974. The average Bonchev–Trinajstić information content (AvgIpc) is 3.24. The highest BCUT2D eigenvalue weighted by atomic mass is 16.3. The molecule has 0 radical (unpaired) electrons. The van der Waals surface area contributed by atoms with E-state index in [0.717, 1.165) is 11.3 Å². The Hall–Kier alpha value is -3.61. The van der Waals surface area contributed by atoms with Crippen molar-refractivity contribution in [1.82, 2.24) is 20.0 Å². The number of aromatic amines is 1. The number of aromatic nitrogens is 2. The molecule has 0 spiro atoms. The van der Waals surface area contributed by atoms with Crippen molar-refractivity contribution >= 4 is 11.8 Å². The van der Waals surface area contributed by atoms with Gasteiger partial charge in [0.15, 0.2) is 0 Å². The van der Waals surface area contributed by atoms with Crippen LogP contribution in [0.5, 0.6) is 5.75 Å². The van der Waals surface area contributed by atoms with E-state index in [0.29, 0.717) is 37.4 Å². The molecule has 1 aromatic heterocycles. The second kappa shape index (κ2) is 7.56. The summed E-state index contributed by atoms with van der Waals surface area (Å²) in [4.78, 5) is 28.7. The van der Waals surface area contributed by atoms with E-state index in [2.05, 4.69) is 10.2 Å². The number of rotatable bonds is 3. The first-order valence-electron chi connectivity index (χ1n) is 9.10. The molecule has 2 N–H and O–H groups in total. The molecule has 28 heavy (non-hydrogen) atoms. The molecule has 0 saturated carbocycles. The van der Waals surface area contributed by atoms with E-state index in [9.17, 15) is 14.7 Å². The number of phenols is 1. The quantitative estimate of drug-likeness (QED) is 0.734. The van der Waals surface area contributed by atoms with Crippen LogP contribution in [0.2, 0.25) is 0 Å². The number of carbonyl (C=O) groups excluding carboxylic acids is 2. The van der Waals surface area contributed by atoms with Crippen molar-refractivity contribution in [3.63, 3.8) is 0 Å². The summed E-state index contributed by atoms with van der Waals surface area (Å²) < 4.78 is 0. The lowest BCUT2D eigenvalue weighted by atomic mass is 10.1. The first-order chi connectivity index (χ1) is 13.6. The minimum Gasteiger partial charge on any atom is -0.508 e. The molecule has 0 bridgehead atoms. The molecular formula is C21H20N4O3. The Kier molecular flexibility index (Phi) is 4.80. The maximum atomic E-state index is 12.8. The van der Waals surface area contributed by atoms with E-state index in [1.807, 2.05) is 30.3 Å². The predicted molar refractivity (Wildman–Crippen MR) is 104 cm³/mol. The fraction of sp³-hybridized carbons (Fsp3) is 0.190. The van der Waals surface area contributed by atoms with Gasteiger partial charge in [-0.2, -0.15) is 5.10 Å². The van der Waals surface area contributed by atoms with Gasteiger partial charge in [-0.1, -0.05) is 30.3 Å². The third kappa shape index (κ3) is 3.59. The Morgan fingerprint density at radius 3 is 2.11 bits per heavy atom. The lowest BCUT2D eigenvalue weighted by Gasteiger charge is -2.34. The van der Waals surface area contributed by atoms with Gasteiger partial charge in [0.25, 0.3) is 11.8 Å². The molecule has 0 unspecified atom stereocenters. The number of aromatic hydroxyl groups is 1. The van der Waals surface area contributed by atoms with E-state index in [1.54, 1.807) is 28.0 Å². The number of amides is 2. The van der Waals surface area contributed by atoms with Crippen LogP contribution in [0.25, 0.3) is 11.3 Å². The van der Waals surface area contributed by atoms with Gasteiger partial charge in [-0.15, -0.1) is 0 Å². The van der Waals surface area contributed by atoms with Gasteiger partial charge >= 0.3 is 0 Å². The summed E-state index contributed by atoms with van der Waals surface area (Å²) >= 11 is 0. The number of phenolic OH excluding ortho intramolecular Hbond substituents is 1. The summed E-state index contributed by atoms with van der Waals surface area (Å²) in [7, 11) is 0. The highest BCUT2D eigenvalue weighted by Crippen LogP contribution is 2.19. The lowest BCUT2D eigenvalue weighted by molar-refractivity contribution is 0.0532. The average molecular weight is 376 g/mol. The van der Waals surface area contributed by atoms with Crippen molar-refractivity contribution in [2.75, 3.05) is 26.2 Å². The summed E-state index contributed by atoms with van der Waals surface area (Å²) in [6.45, 7) is 1.85. The first kappa shape index (κ1) is 17.8. The first-order valence-corrected chi connectivity index (χ1v) is 9.10. The number of benzene rings is 2. The van der Waals surface area contributed by atoms with Gasteiger partial charge in [0.05, 0.1) is 5.69 Å². The van der Waals surface area contributed by atoms with E-state index in [1.165, 1.54) is 12.1 Å². The van der Waals surface area contributed by atoms with Gasteiger partial charge in [0.1, 0.15) is 11.4 Å². The molecule has 1 aliphatic heterocycles. The zero-order valence-electron chi connectivity index (χ0n) is 15.2. The van der Waals surface area contributed by atoms with Crippen LogP contribution in [0.1, 0.15) is 20.8 Å². The van der Waals surface area contributed by atoms with Crippen molar-refractivity contribution in [2.24, 2.45) is 0 Å². The van der Waals surface area contributed by atoms with E-state index >= 15 is 0 Å². The van der Waals surface area contributed by atoms with Crippen molar-refractivity contribution in [3.05, 3.63) is 71.9 Å². The molecular weight excluding hydrogens is 356 g/mol. The molecule has 3 aromatic rings. The van der Waals surface area contributed by atoms with Crippen molar-refractivity contribution < 1.29 is 14.7 Å². The topological polar surface area (TPSA) is 89.5 Å². The zero-order valence-corrected chi connectivity index (χ0v) is 15.2. The number of hydrogen-bond donors (Lipinski definition) is 2. The molecule has 7 heteroatoms. The van der Waals surface area contributed by atoms with Crippen LogP contribution in [0.4, 0.5) is 0 Å². The monoisotopic (exact) mass is 376 g/mol. The summed E-state index contributed by atoms with van der Waals surface area (Å²) in [5, 5.41) is 16.4. The molecule has 2 amide bonds. The van der Waals surface area contributed by atoms with Gasteiger partial charge in [-0.05, 0) is 30.3 Å². The molecule has 1 fully saturated rings. The summed E-state index contributed by atoms with van der Waals surface area (Å²) in [5.74, 6) is -0.0900. The van der Waals surface area contributed by atoms with Crippen LogP contribution in [-0.4, -0.2) is 63.1 Å². The van der Waals surface area contributed by atoms with Crippen molar-refractivity contribution in [2.45, 2.75) is 0 Å². The van der Waals surface area contributed by atoms with Crippen LogP contribution >= 0.6 is 0 Å². The molecule has 7 nitrogen and oxygen atoms in total. The molecule has 0 aliphatic carbocycles. The van der Waals surface area contributed by atoms with E-state index in [-0.39, 0.29) is 17.6 Å². The van der Waals surface area contributed by atoms with Crippen LogP contribution in [0, 0.1) is 0 Å². The van der Waals surface area contributed by atoms with E-state index < -0.39 is 0 Å². The molecule has 142 valence electrons. The Morgan fingerprint density at radius 2 is 1.46 bits per heavy atom. The maximum Gasteiger partial charge on any atom is 0.272 e. The molecule has 2 heterocycles. The number of carbonyl (C=O) groups is 2. The van der Waals surface area contributed by atoms with E-state index in [4.69, 9.17) is 0 Å². The fourth-order valence-electron chi connectivity index (χ4n) is 3.26. The van der Waals surface area contributed by atoms with Crippen molar-refractivity contribution in [1.29, 1.82) is 0 Å². The van der Waals surface area contributed by atoms with Gasteiger partial charge in [0.2, 0.25) is 0 Å². The van der Waals surface area contributed by atoms with Crippen LogP contribution in [-0.2, 0) is 0 Å². The Labute approximate surface area is 162 Å². The fourth-order valence-corrected chi connectivity index (χ4v) is 3.26. The maximum absolute atomic E-state index is 12.8. The van der Waals surface area contributed by atoms with Gasteiger partial charge < -0.3 is 14.9 Å². The van der Waals surface area contributed by atoms with Gasteiger partial charge in [-0.25, -0.2) is 0 Å².